The maximum atomic E-state index is 12.4. The average molecular weight is 413 g/mol. The van der Waals surface area contributed by atoms with Crippen LogP contribution in [0.25, 0.3) is 0 Å². The first-order valence-electron chi connectivity index (χ1n) is 7.94. The fourth-order valence-electron chi connectivity index (χ4n) is 2.19. The largest absolute Gasteiger partial charge is 0.280 e. The molecular weight excluding hydrogens is 394 g/mol. The van der Waals surface area contributed by atoms with Crippen LogP contribution in [0.2, 0.25) is 0 Å². The van der Waals surface area contributed by atoms with Gasteiger partial charge in [-0.25, -0.2) is 21.6 Å². The maximum Gasteiger partial charge on any atom is 0.273 e. The van der Waals surface area contributed by atoms with Crippen LogP contribution in [0.5, 0.6) is 0 Å². The number of sulfonamides is 2. The van der Waals surface area contributed by atoms with E-state index in [4.69, 9.17) is 0 Å². The van der Waals surface area contributed by atoms with Crippen molar-refractivity contribution in [2.24, 2.45) is 0 Å². The second-order valence-electron chi connectivity index (χ2n) is 5.73. The number of nitrogens with zero attached hydrogens (tertiary/aromatic N) is 1. The molecule has 0 fully saturated rings. The molecule has 0 aliphatic carbocycles. The van der Waals surface area contributed by atoms with Gasteiger partial charge in [0.15, 0.2) is 0 Å². The van der Waals surface area contributed by atoms with Crippen molar-refractivity contribution in [1.29, 1.82) is 0 Å². The molecule has 0 heterocycles. The van der Waals surface area contributed by atoms with Crippen molar-refractivity contribution < 1.29 is 21.8 Å². The average Bonchev–Trinajstić information content (AvgIpc) is 2.60. The van der Waals surface area contributed by atoms with E-state index < -0.39 is 25.0 Å². The lowest BCUT2D eigenvalue weighted by molar-refractivity contribution is -0.385. The number of nitro groups is 1. The summed E-state index contributed by atoms with van der Waals surface area (Å²) >= 11 is 0. The summed E-state index contributed by atoms with van der Waals surface area (Å²) in [6, 6.07) is 8.74. The first-order valence-corrected chi connectivity index (χ1v) is 10.9. The van der Waals surface area contributed by atoms with E-state index in [1.807, 2.05) is 6.92 Å². The van der Waals surface area contributed by atoms with Crippen LogP contribution in [0.3, 0.4) is 0 Å². The molecule has 0 spiro atoms. The van der Waals surface area contributed by atoms with E-state index in [-0.39, 0.29) is 21.2 Å². The van der Waals surface area contributed by atoms with Crippen molar-refractivity contribution in [1.82, 2.24) is 4.72 Å². The number of anilines is 1. The van der Waals surface area contributed by atoms with Gasteiger partial charge in [0.05, 0.1) is 14.7 Å². The van der Waals surface area contributed by atoms with Crippen LogP contribution in [-0.2, 0) is 20.0 Å². The maximum absolute atomic E-state index is 12.4. The van der Waals surface area contributed by atoms with Gasteiger partial charge in [0.25, 0.3) is 15.7 Å². The van der Waals surface area contributed by atoms with E-state index in [0.29, 0.717) is 18.5 Å². The predicted molar refractivity (Wildman–Crippen MR) is 101 cm³/mol. The Balaban J connectivity index is 2.26. The van der Waals surface area contributed by atoms with Gasteiger partial charge in [-0.15, -0.1) is 0 Å². The summed E-state index contributed by atoms with van der Waals surface area (Å²) in [4.78, 5) is 10.1. The molecule has 0 aliphatic heterocycles. The number of nitrogens with one attached hydrogen (secondary N) is 2. The molecule has 146 valence electrons. The molecule has 0 radical (unpaired) electrons. The van der Waals surface area contributed by atoms with E-state index in [1.165, 1.54) is 43.3 Å². The van der Waals surface area contributed by atoms with E-state index in [2.05, 4.69) is 9.44 Å². The Morgan fingerprint density at radius 2 is 1.56 bits per heavy atom. The summed E-state index contributed by atoms with van der Waals surface area (Å²) in [6.45, 7) is 3.63. The molecule has 0 atom stereocenters. The fourth-order valence-corrected chi connectivity index (χ4v) is 4.40. The molecule has 0 saturated carbocycles. The molecule has 2 aromatic carbocycles. The van der Waals surface area contributed by atoms with Gasteiger partial charge in [-0.05, 0) is 43.7 Å². The first-order chi connectivity index (χ1) is 12.6. The highest BCUT2D eigenvalue weighted by molar-refractivity contribution is 7.92. The van der Waals surface area contributed by atoms with Crippen LogP contribution in [-0.4, -0.2) is 28.3 Å². The fraction of sp³-hybridized carbons (Fsp3) is 0.250. The van der Waals surface area contributed by atoms with Crippen molar-refractivity contribution in [2.45, 2.75) is 30.1 Å². The van der Waals surface area contributed by atoms with Gasteiger partial charge < -0.3 is 0 Å². The second-order valence-corrected chi connectivity index (χ2v) is 9.18. The Hall–Kier alpha value is -2.50. The highest BCUT2D eigenvalue weighted by Crippen LogP contribution is 2.24. The molecular formula is C16H19N3O6S2. The topological polar surface area (TPSA) is 135 Å². The lowest BCUT2D eigenvalue weighted by Crippen LogP contribution is -2.24. The number of benzene rings is 2. The molecule has 0 aliphatic rings. The minimum Gasteiger partial charge on any atom is -0.280 e. The Bertz CT molecular complexity index is 1050. The van der Waals surface area contributed by atoms with E-state index in [0.717, 1.165) is 6.07 Å². The molecule has 0 bridgehead atoms. The Morgan fingerprint density at radius 3 is 2.11 bits per heavy atom. The van der Waals surface area contributed by atoms with E-state index >= 15 is 0 Å². The van der Waals surface area contributed by atoms with Crippen LogP contribution in [0, 0.1) is 17.0 Å². The van der Waals surface area contributed by atoms with Crippen LogP contribution in [0.15, 0.2) is 52.3 Å². The molecule has 9 nitrogen and oxygen atoms in total. The van der Waals surface area contributed by atoms with Gasteiger partial charge in [-0.2, -0.15) is 0 Å². The summed E-state index contributed by atoms with van der Waals surface area (Å²) in [5.74, 6) is 0. The van der Waals surface area contributed by atoms with Crippen LogP contribution in [0.4, 0.5) is 11.4 Å². The normalized spacial score (nSPS) is 11.9. The minimum absolute atomic E-state index is 0.00451. The Morgan fingerprint density at radius 1 is 0.963 bits per heavy atom. The minimum atomic E-state index is -4.07. The van der Waals surface area contributed by atoms with Crippen molar-refractivity contribution in [2.75, 3.05) is 11.3 Å². The first kappa shape index (κ1) is 20.8. The summed E-state index contributed by atoms with van der Waals surface area (Å²) < 4.78 is 53.6. The third-order valence-corrected chi connectivity index (χ3v) is 6.50. The zero-order valence-corrected chi connectivity index (χ0v) is 16.3. The summed E-state index contributed by atoms with van der Waals surface area (Å²) in [5, 5.41) is 11.0. The van der Waals surface area contributed by atoms with E-state index in [1.54, 1.807) is 0 Å². The molecule has 0 saturated heterocycles. The van der Waals surface area contributed by atoms with Crippen molar-refractivity contribution in [3.05, 3.63) is 58.1 Å². The van der Waals surface area contributed by atoms with Crippen molar-refractivity contribution >= 4 is 31.4 Å². The molecule has 11 heteroatoms. The molecule has 2 rings (SSSR count). The zero-order chi connectivity index (χ0) is 20.2. The number of aryl methyl sites for hydroxylation is 1. The van der Waals surface area contributed by atoms with Crippen molar-refractivity contribution in [3.63, 3.8) is 0 Å². The third kappa shape index (κ3) is 5.02. The van der Waals surface area contributed by atoms with Gasteiger partial charge in [0.1, 0.15) is 0 Å². The molecule has 2 N–H and O–H groups in total. The number of hydrogen-bond donors (Lipinski definition) is 2. The van der Waals surface area contributed by atoms with E-state index in [9.17, 15) is 26.9 Å². The highest BCUT2D eigenvalue weighted by Gasteiger charge is 2.20. The number of nitro benzene ring substituents is 1. The molecule has 0 amide bonds. The SMILES string of the molecule is CCCNS(=O)(=O)c1ccc(NS(=O)(=O)c2ccc(C)c([N+](=O)[O-])c2)cc1. The molecule has 2 aromatic rings. The van der Waals surface area contributed by atoms with Gasteiger partial charge in [0.2, 0.25) is 10.0 Å². The Kier molecular flexibility index (Phi) is 6.19. The van der Waals surface area contributed by atoms with Crippen LogP contribution in [0.1, 0.15) is 18.9 Å². The predicted octanol–water partition coefficient (Wildman–Crippen LogP) is 2.39. The number of hydrogen-bond acceptors (Lipinski definition) is 6. The summed E-state index contributed by atoms with van der Waals surface area (Å²) in [5.41, 5.74) is 0.169. The van der Waals surface area contributed by atoms with Crippen LogP contribution >= 0.6 is 0 Å². The van der Waals surface area contributed by atoms with Gasteiger partial charge in [-0.3, -0.25) is 14.8 Å². The standard InChI is InChI=1S/C16H19N3O6S2/c1-3-10-17-26(22,23)14-8-5-13(6-9-14)18-27(24,25)15-7-4-12(2)16(11-15)19(20)21/h4-9,11,17-18H,3,10H2,1-2H3. The van der Waals surface area contributed by atoms with Gasteiger partial charge >= 0.3 is 0 Å². The summed E-state index contributed by atoms with van der Waals surface area (Å²) in [7, 11) is -7.73. The van der Waals surface area contributed by atoms with Gasteiger partial charge in [0, 0.05) is 23.9 Å². The zero-order valence-electron chi connectivity index (χ0n) is 14.7. The molecule has 0 unspecified atom stereocenters. The monoisotopic (exact) mass is 413 g/mol. The smallest absolute Gasteiger partial charge is 0.273 e. The second kappa shape index (κ2) is 8.03. The molecule has 27 heavy (non-hydrogen) atoms. The lowest BCUT2D eigenvalue weighted by atomic mass is 10.2. The Labute approximate surface area is 157 Å². The van der Waals surface area contributed by atoms with Gasteiger partial charge in [-0.1, -0.05) is 13.0 Å². The highest BCUT2D eigenvalue weighted by atomic mass is 32.2. The quantitative estimate of drug-likeness (QED) is 0.504. The molecule has 0 aromatic heterocycles. The number of rotatable bonds is 8. The van der Waals surface area contributed by atoms with Crippen LogP contribution < -0.4 is 9.44 Å². The lowest BCUT2D eigenvalue weighted by Gasteiger charge is -2.10. The summed E-state index contributed by atoms with van der Waals surface area (Å²) in [6.07, 6.45) is 0.639. The third-order valence-electron chi connectivity index (χ3n) is 3.65. The van der Waals surface area contributed by atoms with Crippen molar-refractivity contribution in [3.8, 4) is 0 Å².